The lowest BCUT2D eigenvalue weighted by atomic mass is 10.2. The van der Waals surface area contributed by atoms with Crippen molar-refractivity contribution in [3.8, 4) is 5.75 Å². The molecule has 1 aliphatic carbocycles. The molecule has 4 heteroatoms. The molecule has 3 nitrogen and oxygen atoms in total. The van der Waals surface area contributed by atoms with Gasteiger partial charge in [0.05, 0.1) is 18.8 Å². The summed E-state index contributed by atoms with van der Waals surface area (Å²) in [6.07, 6.45) is 2.60. The lowest BCUT2D eigenvalue weighted by Crippen LogP contribution is -2.03. The maximum atomic E-state index is 11.3. The smallest absolute Gasteiger partial charge is 0.339 e. The van der Waals surface area contributed by atoms with Crippen LogP contribution >= 0.6 is 15.9 Å². The Kier molecular flexibility index (Phi) is 2.95. The Morgan fingerprint density at radius 3 is 2.73 bits per heavy atom. The molecular formula is C11H11BrO3. The number of ether oxygens (including phenoxy) is 2. The molecule has 1 aliphatic rings. The summed E-state index contributed by atoms with van der Waals surface area (Å²) >= 11 is 3.32. The SMILES string of the molecule is COC(=O)c1ccc(OC2CC2)cc1Br. The van der Waals surface area contributed by atoms with Crippen molar-refractivity contribution in [3.63, 3.8) is 0 Å². The summed E-state index contributed by atoms with van der Waals surface area (Å²) in [5.41, 5.74) is 0.514. The fourth-order valence-corrected chi connectivity index (χ4v) is 1.74. The fraction of sp³-hybridized carbons (Fsp3) is 0.364. The highest BCUT2D eigenvalue weighted by Crippen LogP contribution is 2.29. The van der Waals surface area contributed by atoms with Crippen LogP contribution in [0.2, 0.25) is 0 Å². The molecule has 1 saturated carbocycles. The molecule has 0 spiro atoms. The maximum Gasteiger partial charge on any atom is 0.339 e. The largest absolute Gasteiger partial charge is 0.490 e. The van der Waals surface area contributed by atoms with Gasteiger partial charge in [-0.25, -0.2) is 4.79 Å². The normalized spacial score (nSPS) is 14.8. The van der Waals surface area contributed by atoms with E-state index in [4.69, 9.17) is 4.74 Å². The molecule has 1 fully saturated rings. The molecule has 0 atom stereocenters. The minimum atomic E-state index is -0.347. The maximum absolute atomic E-state index is 11.3. The minimum Gasteiger partial charge on any atom is -0.490 e. The first kappa shape index (κ1) is 10.5. The molecule has 0 saturated heterocycles. The van der Waals surface area contributed by atoms with Gasteiger partial charge in [0.1, 0.15) is 5.75 Å². The van der Waals surface area contributed by atoms with Gasteiger partial charge in [-0.3, -0.25) is 0 Å². The monoisotopic (exact) mass is 270 g/mol. The van der Waals surface area contributed by atoms with Gasteiger partial charge < -0.3 is 9.47 Å². The molecule has 0 amide bonds. The van der Waals surface area contributed by atoms with E-state index in [-0.39, 0.29) is 5.97 Å². The number of hydrogen-bond acceptors (Lipinski definition) is 3. The third-order valence-electron chi connectivity index (χ3n) is 2.17. The van der Waals surface area contributed by atoms with Crippen molar-refractivity contribution in [2.24, 2.45) is 0 Å². The van der Waals surface area contributed by atoms with Gasteiger partial charge in [0.25, 0.3) is 0 Å². The average molecular weight is 271 g/mol. The van der Waals surface area contributed by atoms with E-state index in [1.165, 1.54) is 7.11 Å². The van der Waals surface area contributed by atoms with E-state index in [0.717, 1.165) is 18.6 Å². The van der Waals surface area contributed by atoms with Crippen molar-refractivity contribution in [1.82, 2.24) is 0 Å². The average Bonchev–Trinajstić information content (AvgIpc) is 3.01. The van der Waals surface area contributed by atoms with Gasteiger partial charge in [0.15, 0.2) is 0 Å². The Labute approximate surface area is 96.5 Å². The predicted molar refractivity (Wildman–Crippen MR) is 59.1 cm³/mol. The minimum absolute atomic E-state index is 0.347. The summed E-state index contributed by atoms with van der Waals surface area (Å²) in [5.74, 6) is 0.442. The number of hydrogen-bond donors (Lipinski definition) is 0. The van der Waals surface area contributed by atoms with Crippen LogP contribution in [0, 0.1) is 0 Å². The molecule has 2 rings (SSSR count). The molecule has 0 radical (unpaired) electrons. The Bertz CT molecular complexity index is 385. The van der Waals surface area contributed by atoms with Gasteiger partial charge in [0, 0.05) is 4.47 Å². The number of benzene rings is 1. The summed E-state index contributed by atoms with van der Waals surface area (Å²) in [4.78, 5) is 11.3. The number of esters is 1. The zero-order chi connectivity index (χ0) is 10.8. The van der Waals surface area contributed by atoms with Crippen LogP contribution in [0.25, 0.3) is 0 Å². The third kappa shape index (κ3) is 2.50. The molecule has 80 valence electrons. The first-order valence-electron chi connectivity index (χ1n) is 4.75. The Morgan fingerprint density at radius 2 is 2.20 bits per heavy atom. The molecular weight excluding hydrogens is 260 g/mol. The fourth-order valence-electron chi connectivity index (χ4n) is 1.22. The van der Waals surface area contributed by atoms with Crippen LogP contribution in [0.3, 0.4) is 0 Å². The van der Waals surface area contributed by atoms with Gasteiger partial charge in [-0.15, -0.1) is 0 Å². The first-order chi connectivity index (χ1) is 7.20. The molecule has 0 N–H and O–H groups in total. The molecule has 15 heavy (non-hydrogen) atoms. The summed E-state index contributed by atoms with van der Waals surface area (Å²) in [7, 11) is 1.36. The first-order valence-corrected chi connectivity index (χ1v) is 5.54. The Balaban J connectivity index is 2.17. The lowest BCUT2D eigenvalue weighted by Gasteiger charge is -2.07. The quantitative estimate of drug-likeness (QED) is 0.793. The third-order valence-corrected chi connectivity index (χ3v) is 2.83. The van der Waals surface area contributed by atoms with Crippen LogP contribution in [0.1, 0.15) is 23.2 Å². The number of carbonyl (C=O) groups excluding carboxylic acids is 1. The van der Waals surface area contributed by atoms with E-state index in [1.807, 2.05) is 0 Å². The molecule has 0 heterocycles. The zero-order valence-electron chi connectivity index (χ0n) is 8.33. The number of halogens is 1. The van der Waals surface area contributed by atoms with E-state index in [9.17, 15) is 4.79 Å². The van der Waals surface area contributed by atoms with Gasteiger partial charge in [-0.2, -0.15) is 0 Å². The number of methoxy groups -OCH3 is 1. The van der Waals surface area contributed by atoms with Crippen molar-refractivity contribution in [2.45, 2.75) is 18.9 Å². The summed E-state index contributed by atoms with van der Waals surface area (Å²) in [6.45, 7) is 0. The molecule has 0 aliphatic heterocycles. The van der Waals surface area contributed by atoms with Crippen molar-refractivity contribution in [3.05, 3.63) is 28.2 Å². The molecule has 1 aromatic carbocycles. The van der Waals surface area contributed by atoms with E-state index >= 15 is 0 Å². The van der Waals surface area contributed by atoms with Gasteiger partial charge >= 0.3 is 5.97 Å². The second kappa shape index (κ2) is 4.23. The predicted octanol–water partition coefficient (Wildman–Crippen LogP) is 2.78. The molecule has 0 unspecified atom stereocenters. The highest BCUT2D eigenvalue weighted by Gasteiger charge is 2.23. The van der Waals surface area contributed by atoms with Crippen LogP contribution in [0.5, 0.6) is 5.75 Å². The van der Waals surface area contributed by atoms with Crippen molar-refractivity contribution in [2.75, 3.05) is 7.11 Å². The summed E-state index contributed by atoms with van der Waals surface area (Å²) < 4.78 is 10.9. The highest BCUT2D eigenvalue weighted by atomic mass is 79.9. The second-order valence-corrected chi connectivity index (χ2v) is 4.30. The van der Waals surface area contributed by atoms with Crippen molar-refractivity contribution < 1.29 is 14.3 Å². The highest BCUT2D eigenvalue weighted by molar-refractivity contribution is 9.10. The second-order valence-electron chi connectivity index (χ2n) is 3.45. The molecule has 1 aromatic rings. The zero-order valence-corrected chi connectivity index (χ0v) is 9.91. The topological polar surface area (TPSA) is 35.5 Å². The van der Waals surface area contributed by atoms with Crippen LogP contribution in [0.4, 0.5) is 0 Å². The van der Waals surface area contributed by atoms with Crippen LogP contribution in [0.15, 0.2) is 22.7 Å². The van der Waals surface area contributed by atoms with Crippen LogP contribution in [-0.2, 0) is 4.74 Å². The Hall–Kier alpha value is -1.03. The van der Waals surface area contributed by atoms with Gasteiger partial charge in [-0.1, -0.05) is 0 Å². The van der Waals surface area contributed by atoms with E-state index in [2.05, 4.69) is 20.7 Å². The van der Waals surface area contributed by atoms with Crippen molar-refractivity contribution >= 4 is 21.9 Å². The summed E-state index contributed by atoms with van der Waals surface area (Å²) in [5, 5.41) is 0. The van der Waals surface area contributed by atoms with Crippen LogP contribution < -0.4 is 4.74 Å². The van der Waals surface area contributed by atoms with Crippen LogP contribution in [-0.4, -0.2) is 19.2 Å². The summed E-state index contributed by atoms with van der Waals surface area (Å²) in [6, 6.07) is 5.29. The van der Waals surface area contributed by atoms with E-state index < -0.39 is 0 Å². The lowest BCUT2D eigenvalue weighted by molar-refractivity contribution is 0.0599. The number of rotatable bonds is 3. The van der Waals surface area contributed by atoms with Crippen molar-refractivity contribution in [1.29, 1.82) is 0 Å². The standard InChI is InChI=1S/C11H11BrO3/c1-14-11(13)9-5-4-8(6-10(9)12)15-7-2-3-7/h4-7H,2-3H2,1H3. The van der Waals surface area contributed by atoms with Gasteiger partial charge in [-0.05, 0) is 47.0 Å². The molecule has 0 aromatic heterocycles. The Morgan fingerprint density at radius 1 is 1.47 bits per heavy atom. The van der Waals surface area contributed by atoms with Gasteiger partial charge in [0.2, 0.25) is 0 Å². The number of carbonyl (C=O) groups is 1. The van der Waals surface area contributed by atoms with E-state index in [1.54, 1.807) is 18.2 Å². The molecule has 0 bridgehead atoms. The van der Waals surface area contributed by atoms with E-state index in [0.29, 0.717) is 16.1 Å².